The van der Waals surface area contributed by atoms with Crippen LogP contribution in [0.2, 0.25) is 5.02 Å². The Balaban J connectivity index is 1.82. The van der Waals surface area contributed by atoms with Crippen molar-refractivity contribution in [3.8, 4) is 5.69 Å². The molecule has 0 fully saturated rings. The molecule has 4 nitrogen and oxygen atoms in total. The Bertz CT molecular complexity index is 1280. The second-order valence-electron chi connectivity index (χ2n) is 7.58. The van der Waals surface area contributed by atoms with Gasteiger partial charge in [-0.25, -0.2) is 9.07 Å². The molecule has 0 amide bonds. The van der Waals surface area contributed by atoms with Gasteiger partial charge in [-0.05, 0) is 59.7 Å². The van der Waals surface area contributed by atoms with Crippen LogP contribution in [0.1, 0.15) is 11.1 Å². The minimum atomic E-state index is -5.08. The summed E-state index contributed by atoms with van der Waals surface area (Å²) in [4.78, 5) is 1.94. The summed E-state index contributed by atoms with van der Waals surface area (Å²) in [7, 11) is 3.83. The predicted octanol–water partition coefficient (Wildman–Crippen LogP) is 5.68. The first kappa shape index (κ1) is 22.1. The van der Waals surface area contributed by atoms with Crippen molar-refractivity contribution in [3.63, 3.8) is 0 Å². The number of nitrogens with zero attached hydrogens (tertiary/aromatic N) is 3. The van der Waals surface area contributed by atoms with Crippen molar-refractivity contribution in [2.75, 3.05) is 19.0 Å². The molecule has 1 unspecified atom stereocenters. The molecule has 3 aromatic carbocycles. The Hall–Kier alpha value is -3.10. The van der Waals surface area contributed by atoms with Gasteiger partial charge in [0, 0.05) is 25.2 Å². The molecule has 1 atom stereocenters. The van der Waals surface area contributed by atoms with E-state index in [0.29, 0.717) is 10.9 Å². The summed E-state index contributed by atoms with van der Waals surface area (Å²) in [6, 6.07) is 13.8. The van der Waals surface area contributed by atoms with Crippen molar-refractivity contribution in [2.24, 2.45) is 0 Å². The molecule has 0 saturated heterocycles. The Morgan fingerprint density at radius 3 is 2.16 bits per heavy atom. The summed E-state index contributed by atoms with van der Waals surface area (Å²) in [6.07, 6.45) is -3.66. The van der Waals surface area contributed by atoms with Crippen LogP contribution >= 0.6 is 11.6 Å². The molecular weight excluding hydrogens is 446 g/mol. The standard InChI is InChI=1S/C23H18ClF4N3O/c1-30(2)17-5-7-18(8-6-17)31-21-10-4-15(11-14(21)13-29-31)22(32,23(26,27)28)16-3-9-20(25)19(24)12-16/h3-13,32H,1-2H3. The maximum atomic E-state index is 14.1. The molecule has 166 valence electrons. The summed E-state index contributed by atoms with van der Waals surface area (Å²) in [5.74, 6) is -0.878. The Morgan fingerprint density at radius 1 is 0.938 bits per heavy atom. The Kier molecular flexibility index (Phi) is 5.38. The van der Waals surface area contributed by atoms with Crippen molar-refractivity contribution in [1.82, 2.24) is 9.78 Å². The Labute approximate surface area is 186 Å². The minimum absolute atomic E-state index is 0.398. The van der Waals surface area contributed by atoms with E-state index in [4.69, 9.17) is 11.6 Å². The van der Waals surface area contributed by atoms with Gasteiger partial charge in [0.05, 0.1) is 22.4 Å². The number of anilines is 1. The van der Waals surface area contributed by atoms with E-state index in [2.05, 4.69) is 5.10 Å². The minimum Gasteiger partial charge on any atom is -0.378 e. The molecule has 0 saturated carbocycles. The third-order valence-corrected chi connectivity index (χ3v) is 5.63. The highest BCUT2D eigenvalue weighted by Crippen LogP contribution is 2.45. The van der Waals surface area contributed by atoms with Crippen LogP contribution < -0.4 is 4.90 Å². The summed E-state index contributed by atoms with van der Waals surface area (Å²) in [5.41, 5.74) is -2.11. The van der Waals surface area contributed by atoms with Gasteiger partial charge in [0.1, 0.15) is 5.82 Å². The highest BCUT2D eigenvalue weighted by molar-refractivity contribution is 6.30. The second kappa shape index (κ2) is 7.79. The Morgan fingerprint density at radius 2 is 1.56 bits per heavy atom. The molecule has 0 aliphatic heterocycles. The first-order chi connectivity index (χ1) is 15.0. The van der Waals surface area contributed by atoms with Gasteiger partial charge in [0.2, 0.25) is 5.60 Å². The van der Waals surface area contributed by atoms with Crippen molar-refractivity contribution >= 4 is 28.2 Å². The van der Waals surface area contributed by atoms with Gasteiger partial charge in [-0.1, -0.05) is 23.7 Å². The fraction of sp³-hybridized carbons (Fsp3) is 0.174. The zero-order valence-corrected chi connectivity index (χ0v) is 17.8. The molecule has 1 N–H and O–H groups in total. The van der Waals surface area contributed by atoms with Crippen LogP contribution in [0, 0.1) is 5.82 Å². The van der Waals surface area contributed by atoms with E-state index in [0.717, 1.165) is 29.6 Å². The van der Waals surface area contributed by atoms with Gasteiger partial charge in [-0.2, -0.15) is 18.3 Å². The molecule has 0 spiro atoms. The van der Waals surface area contributed by atoms with Gasteiger partial charge in [-0.15, -0.1) is 0 Å². The molecule has 32 heavy (non-hydrogen) atoms. The number of hydrogen-bond donors (Lipinski definition) is 1. The van der Waals surface area contributed by atoms with Crippen LogP contribution in [0.15, 0.2) is 66.9 Å². The van der Waals surface area contributed by atoms with Gasteiger partial charge < -0.3 is 10.0 Å². The largest absolute Gasteiger partial charge is 0.425 e. The zero-order chi connectivity index (χ0) is 23.3. The number of halogens is 5. The number of benzene rings is 3. The number of fused-ring (bicyclic) bond motifs is 1. The fourth-order valence-corrected chi connectivity index (χ4v) is 3.75. The lowest BCUT2D eigenvalue weighted by Crippen LogP contribution is -2.43. The SMILES string of the molecule is CN(C)c1ccc(-n2ncc3cc(C(O)(c4ccc(F)c(Cl)c4)C(F)(F)F)ccc32)cc1. The van der Waals surface area contributed by atoms with Crippen LogP contribution in [0.4, 0.5) is 23.2 Å². The maximum absolute atomic E-state index is 14.1. The predicted molar refractivity (Wildman–Crippen MR) is 116 cm³/mol. The van der Waals surface area contributed by atoms with Crippen LogP contribution in [-0.4, -0.2) is 35.2 Å². The number of aliphatic hydroxyl groups is 1. The fourth-order valence-electron chi connectivity index (χ4n) is 3.57. The molecular formula is C23H18ClF4N3O. The molecule has 9 heteroatoms. The third-order valence-electron chi connectivity index (χ3n) is 5.34. The summed E-state index contributed by atoms with van der Waals surface area (Å²) >= 11 is 5.68. The van der Waals surface area contributed by atoms with Gasteiger partial charge in [0.15, 0.2) is 0 Å². The molecule has 0 bridgehead atoms. The van der Waals surface area contributed by atoms with E-state index in [-0.39, 0.29) is 0 Å². The zero-order valence-electron chi connectivity index (χ0n) is 17.0. The molecule has 4 aromatic rings. The van der Waals surface area contributed by atoms with Crippen LogP contribution in [0.3, 0.4) is 0 Å². The molecule has 0 radical (unpaired) electrons. The number of aromatic nitrogens is 2. The smallest absolute Gasteiger partial charge is 0.378 e. The lowest BCUT2D eigenvalue weighted by Gasteiger charge is -2.31. The topological polar surface area (TPSA) is 41.3 Å². The first-order valence-electron chi connectivity index (χ1n) is 9.53. The van der Waals surface area contributed by atoms with E-state index in [1.165, 1.54) is 24.4 Å². The van der Waals surface area contributed by atoms with Crippen molar-refractivity contribution in [2.45, 2.75) is 11.8 Å². The second-order valence-corrected chi connectivity index (χ2v) is 7.99. The van der Waals surface area contributed by atoms with E-state index < -0.39 is 33.7 Å². The van der Waals surface area contributed by atoms with Crippen LogP contribution in [-0.2, 0) is 5.60 Å². The molecule has 1 heterocycles. The number of rotatable bonds is 4. The lowest BCUT2D eigenvalue weighted by atomic mass is 9.85. The highest BCUT2D eigenvalue weighted by atomic mass is 35.5. The van der Waals surface area contributed by atoms with Crippen molar-refractivity contribution in [1.29, 1.82) is 0 Å². The molecule has 0 aliphatic rings. The number of hydrogen-bond acceptors (Lipinski definition) is 3. The van der Waals surface area contributed by atoms with Crippen LogP contribution in [0.5, 0.6) is 0 Å². The number of alkyl halides is 3. The maximum Gasteiger partial charge on any atom is 0.425 e. The molecule has 1 aromatic heterocycles. The summed E-state index contributed by atoms with van der Waals surface area (Å²) in [6.45, 7) is 0. The van der Waals surface area contributed by atoms with Crippen molar-refractivity contribution in [3.05, 3.63) is 88.8 Å². The van der Waals surface area contributed by atoms with Gasteiger partial charge >= 0.3 is 6.18 Å². The van der Waals surface area contributed by atoms with Gasteiger partial charge in [0.25, 0.3) is 0 Å². The van der Waals surface area contributed by atoms with E-state index in [1.807, 2.05) is 43.3 Å². The van der Waals surface area contributed by atoms with E-state index in [1.54, 1.807) is 4.68 Å². The van der Waals surface area contributed by atoms with Crippen LogP contribution in [0.25, 0.3) is 16.6 Å². The lowest BCUT2D eigenvalue weighted by molar-refractivity contribution is -0.248. The highest BCUT2D eigenvalue weighted by Gasteiger charge is 2.56. The van der Waals surface area contributed by atoms with Crippen molar-refractivity contribution < 1.29 is 22.7 Å². The quantitative estimate of drug-likeness (QED) is 0.396. The molecule has 0 aliphatic carbocycles. The normalized spacial score (nSPS) is 13.9. The summed E-state index contributed by atoms with van der Waals surface area (Å²) < 4.78 is 57.3. The van der Waals surface area contributed by atoms with Gasteiger partial charge in [-0.3, -0.25) is 0 Å². The van der Waals surface area contributed by atoms with E-state index >= 15 is 0 Å². The first-order valence-corrected chi connectivity index (χ1v) is 9.91. The average Bonchev–Trinajstić information content (AvgIpc) is 3.17. The van der Waals surface area contributed by atoms with E-state index in [9.17, 15) is 22.7 Å². The summed E-state index contributed by atoms with van der Waals surface area (Å²) in [5, 5.41) is 15.0. The third kappa shape index (κ3) is 3.59. The molecule has 4 rings (SSSR count). The monoisotopic (exact) mass is 463 g/mol. The average molecular weight is 464 g/mol.